The van der Waals surface area contributed by atoms with Crippen LogP contribution in [-0.2, 0) is 9.59 Å². The number of nitrogens with one attached hydrogen (secondary N) is 2. The Morgan fingerprint density at radius 3 is 2.19 bits per heavy atom. The van der Waals surface area contributed by atoms with Gasteiger partial charge in [-0.1, -0.05) is 76.6 Å². The van der Waals surface area contributed by atoms with Gasteiger partial charge >= 0.3 is 0 Å². The minimum absolute atomic E-state index is 0.0862. The molecule has 0 aliphatic carbocycles. The molecule has 3 aromatic rings. The van der Waals surface area contributed by atoms with Gasteiger partial charge in [-0.25, -0.2) is 5.43 Å². The van der Waals surface area contributed by atoms with E-state index in [-0.39, 0.29) is 18.2 Å². The average molecular weight is 480 g/mol. The third kappa shape index (κ3) is 6.02. The molecule has 0 fully saturated rings. The molecule has 7 heteroatoms. The summed E-state index contributed by atoms with van der Waals surface area (Å²) in [5, 5.41) is 16.6. The van der Waals surface area contributed by atoms with Crippen LogP contribution in [0.15, 0.2) is 82.4 Å². The molecule has 3 rings (SSSR count). The SMILES string of the molecule is Cc1cc(Br)cc(/C=N\NC(=O)CNC(=O)C(c2ccccc2)c2ccccc2)c1O. The number of aryl methyl sites for hydroxylation is 1. The molecule has 0 unspecified atom stereocenters. The van der Waals surface area contributed by atoms with E-state index in [1.165, 1.54) is 6.21 Å². The number of carbonyl (C=O) groups is 2. The number of aromatic hydroxyl groups is 1. The number of halogens is 1. The Morgan fingerprint density at radius 1 is 1.03 bits per heavy atom. The number of nitrogens with zero attached hydrogens (tertiary/aromatic N) is 1. The van der Waals surface area contributed by atoms with Gasteiger partial charge in [-0.15, -0.1) is 0 Å². The van der Waals surface area contributed by atoms with Crippen LogP contribution < -0.4 is 10.7 Å². The topological polar surface area (TPSA) is 90.8 Å². The summed E-state index contributed by atoms with van der Waals surface area (Å²) in [6, 6.07) is 22.3. The summed E-state index contributed by atoms with van der Waals surface area (Å²) in [6.07, 6.45) is 1.35. The van der Waals surface area contributed by atoms with Gasteiger partial charge in [0.2, 0.25) is 5.91 Å². The molecule has 0 bridgehead atoms. The molecule has 3 N–H and O–H groups in total. The molecule has 0 saturated heterocycles. The highest BCUT2D eigenvalue weighted by molar-refractivity contribution is 9.10. The highest BCUT2D eigenvalue weighted by Gasteiger charge is 2.22. The highest BCUT2D eigenvalue weighted by atomic mass is 79.9. The number of hydrogen-bond donors (Lipinski definition) is 3. The second kappa shape index (κ2) is 10.5. The van der Waals surface area contributed by atoms with E-state index >= 15 is 0 Å². The molecule has 3 aromatic carbocycles. The molecular weight excluding hydrogens is 458 g/mol. The second-order valence-electron chi connectivity index (χ2n) is 6.93. The Morgan fingerprint density at radius 2 is 1.61 bits per heavy atom. The molecular formula is C24H22BrN3O3. The highest BCUT2D eigenvalue weighted by Crippen LogP contribution is 2.26. The zero-order chi connectivity index (χ0) is 22.2. The van der Waals surface area contributed by atoms with E-state index in [1.54, 1.807) is 19.1 Å². The van der Waals surface area contributed by atoms with Gasteiger partial charge < -0.3 is 10.4 Å². The van der Waals surface area contributed by atoms with Crippen LogP contribution in [0.25, 0.3) is 0 Å². The molecule has 158 valence electrons. The summed E-state index contributed by atoms with van der Waals surface area (Å²) in [4.78, 5) is 25.0. The predicted octanol–water partition coefficient (Wildman–Crippen LogP) is 3.86. The van der Waals surface area contributed by atoms with Crippen molar-refractivity contribution in [3.8, 4) is 5.75 Å². The van der Waals surface area contributed by atoms with Crippen LogP contribution in [0.2, 0.25) is 0 Å². The van der Waals surface area contributed by atoms with Crippen molar-refractivity contribution in [2.75, 3.05) is 6.54 Å². The van der Waals surface area contributed by atoms with E-state index in [1.807, 2.05) is 60.7 Å². The minimum atomic E-state index is -0.528. The third-order valence-electron chi connectivity index (χ3n) is 4.64. The van der Waals surface area contributed by atoms with E-state index in [0.29, 0.717) is 11.1 Å². The van der Waals surface area contributed by atoms with Crippen LogP contribution in [0, 0.1) is 6.92 Å². The molecule has 0 spiro atoms. The lowest BCUT2D eigenvalue weighted by Gasteiger charge is -2.17. The Kier molecular flexibility index (Phi) is 7.56. The fourth-order valence-electron chi connectivity index (χ4n) is 3.13. The van der Waals surface area contributed by atoms with Crippen molar-refractivity contribution in [3.05, 3.63) is 99.5 Å². The van der Waals surface area contributed by atoms with Crippen LogP contribution in [0.3, 0.4) is 0 Å². The zero-order valence-electron chi connectivity index (χ0n) is 16.9. The fraction of sp³-hybridized carbons (Fsp3) is 0.125. The quantitative estimate of drug-likeness (QED) is 0.354. The number of phenols is 1. The summed E-state index contributed by atoms with van der Waals surface area (Å²) in [7, 11) is 0. The van der Waals surface area contributed by atoms with Crippen LogP contribution in [-0.4, -0.2) is 29.7 Å². The molecule has 31 heavy (non-hydrogen) atoms. The lowest BCUT2D eigenvalue weighted by Crippen LogP contribution is -2.37. The first-order valence-corrected chi connectivity index (χ1v) is 10.4. The first kappa shape index (κ1) is 22.2. The molecule has 0 atom stereocenters. The number of amides is 2. The third-order valence-corrected chi connectivity index (χ3v) is 5.10. The fourth-order valence-corrected chi connectivity index (χ4v) is 3.72. The van der Waals surface area contributed by atoms with Crippen molar-refractivity contribution >= 4 is 34.0 Å². The first-order valence-electron chi connectivity index (χ1n) is 9.64. The summed E-state index contributed by atoms with van der Waals surface area (Å²) in [5.41, 5.74) is 5.18. The molecule has 2 amide bonds. The maximum absolute atomic E-state index is 12.9. The Labute approximate surface area is 189 Å². The summed E-state index contributed by atoms with van der Waals surface area (Å²) in [5.74, 6) is -1.20. The monoisotopic (exact) mass is 479 g/mol. The lowest BCUT2D eigenvalue weighted by atomic mass is 9.90. The number of benzene rings is 3. The Bertz CT molecular complexity index is 1050. The number of hydrogen-bond acceptors (Lipinski definition) is 4. The molecule has 0 radical (unpaired) electrons. The summed E-state index contributed by atoms with van der Waals surface area (Å²) in [6.45, 7) is 1.54. The molecule has 0 heterocycles. The van der Waals surface area contributed by atoms with Gasteiger partial charge in [0.05, 0.1) is 18.7 Å². The molecule has 0 aliphatic rings. The Hall–Kier alpha value is -3.45. The van der Waals surface area contributed by atoms with Gasteiger partial charge in [-0.2, -0.15) is 5.10 Å². The van der Waals surface area contributed by atoms with Crippen molar-refractivity contribution < 1.29 is 14.7 Å². The molecule has 0 aliphatic heterocycles. The van der Waals surface area contributed by atoms with E-state index in [0.717, 1.165) is 15.6 Å². The Balaban J connectivity index is 1.63. The van der Waals surface area contributed by atoms with E-state index in [2.05, 4.69) is 31.8 Å². The number of carbonyl (C=O) groups excluding carboxylic acids is 2. The first-order chi connectivity index (χ1) is 15.0. The van der Waals surface area contributed by atoms with Gasteiger partial charge in [-0.05, 0) is 35.7 Å². The van der Waals surface area contributed by atoms with Crippen molar-refractivity contribution in [2.24, 2.45) is 5.10 Å². The van der Waals surface area contributed by atoms with Gasteiger partial charge in [0.1, 0.15) is 5.75 Å². The van der Waals surface area contributed by atoms with Crippen LogP contribution in [0.4, 0.5) is 0 Å². The maximum atomic E-state index is 12.9. The zero-order valence-corrected chi connectivity index (χ0v) is 18.5. The number of hydrazone groups is 1. The van der Waals surface area contributed by atoms with Crippen LogP contribution >= 0.6 is 15.9 Å². The maximum Gasteiger partial charge on any atom is 0.259 e. The van der Waals surface area contributed by atoms with Crippen molar-refractivity contribution in [2.45, 2.75) is 12.8 Å². The number of rotatable bonds is 7. The molecule has 0 saturated carbocycles. The van der Waals surface area contributed by atoms with E-state index in [4.69, 9.17) is 0 Å². The smallest absolute Gasteiger partial charge is 0.259 e. The molecule has 6 nitrogen and oxygen atoms in total. The predicted molar refractivity (Wildman–Crippen MR) is 124 cm³/mol. The number of phenolic OH excluding ortho intramolecular Hbond substituents is 1. The molecule has 0 aromatic heterocycles. The van der Waals surface area contributed by atoms with Gasteiger partial charge in [0, 0.05) is 10.0 Å². The van der Waals surface area contributed by atoms with Crippen molar-refractivity contribution in [3.63, 3.8) is 0 Å². The van der Waals surface area contributed by atoms with Crippen molar-refractivity contribution in [1.82, 2.24) is 10.7 Å². The second-order valence-corrected chi connectivity index (χ2v) is 7.84. The van der Waals surface area contributed by atoms with E-state index < -0.39 is 11.8 Å². The summed E-state index contributed by atoms with van der Waals surface area (Å²) >= 11 is 3.35. The van der Waals surface area contributed by atoms with Gasteiger partial charge in [0.25, 0.3) is 5.91 Å². The standard InChI is InChI=1S/C24H22BrN3O3/c1-16-12-20(25)13-19(23(16)30)14-27-28-21(29)15-26-24(31)22(17-8-4-2-5-9-17)18-10-6-3-7-11-18/h2-14,22,30H,15H2,1H3,(H,26,31)(H,28,29)/b27-14-. The van der Waals surface area contributed by atoms with Crippen molar-refractivity contribution in [1.29, 1.82) is 0 Å². The van der Waals surface area contributed by atoms with Gasteiger partial charge in [0.15, 0.2) is 0 Å². The lowest BCUT2D eigenvalue weighted by molar-refractivity contribution is -0.126. The van der Waals surface area contributed by atoms with Gasteiger partial charge in [-0.3, -0.25) is 9.59 Å². The largest absolute Gasteiger partial charge is 0.507 e. The normalized spacial score (nSPS) is 10.9. The summed E-state index contributed by atoms with van der Waals surface area (Å²) < 4.78 is 0.788. The van der Waals surface area contributed by atoms with Crippen LogP contribution in [0.5, 0.6) is 5.75 Å². The minimum Gasteiger partial charge on any atom is -0.507 e. The van der Waals surface area contributed by atoms with Crippen LogP contribution in [0.1, 0.15) is 28.2 Å². The average Bonchev–Trinajstić information content (AvgIpc) is 2.77. The van der Waals surface area contributed by atoms with E-state index in [9.17, 15) is 14.7 Å².